The molecule has 1 N–H and O–H groups in total. The van der Waals surface area contributed by atoms with Crippen molar-refractivity contribution in [3.63, 3.8) is 0 Å². The molecule has 4 nitrogen and oxygen atoms in total. The Kier molecular flexibility index (Phi) is 3.22. The van der Waals surface area contributed by atoms with Gasteiger partial charge in [-0.15, -0.1) is 0 Å². The van der Waals surface area contributed by atoms with E-state index in [1.165, 1.54) is 0 Å². The second-order valence-electron chi connectivity index (χ2n) is 3.53. The fraction of sp³-hybridized carbons (Fsp3) is 0.250. The van der Waals surface area contributed by atoms with Crippen LogP contribution in [-0.4, -0.2) is 28.7 Å². The lowest BCUT2D eigenvalue weighted by atomic mass is 10.2. The largest absolute Gasteiger partial charge is 0.480 e. The second kappa shape index (κ2) is 4.81. The highest BCUT2D eigenvalue weighted by Crippen LogP contribution is 2.12. The molecule has 0 aliphatic rings. The fourth-order valence-corrected chi connectivity index (χ4v) is 1.69. The third kappa shape index (κ3) is 2.41. The minimum Gasteiger partial charge on any atom is -0.480 e. The second-order valence-corrected chi connectivity index (χ2v) is 3.53. The predicted molar refractivity (Wildman–Crippen MR) is 59.6 cm³/mol. The van der Waals surface area contributed by atoms with Crippen LogP contribution in [0.25, 0.3) is 5.52 Å². The third-order valence-corrected chi connectivity index (χ3v) is 2.39. The number of carbonyl (C=O) groups is 1. The molecule has 2 heterocycles. The Morgan fingerprint density at radius 2 is 2.06 bits per heavy atom. The summed E-state index contributed by atoms with van der Waals surface area (Å²) in [7, 11) is 0. The first kappa shape index (κ1) is 10.7. The number of hydrogen-bond acceptors (Lipinski definition) is 2. The average Bonchev–Trinajstić information content (AvgIpc) is 2.72. The lowest BCUT2D eigenvalue weighted by Gasteiger charge is -2.04. The number of pyridine rings is 1. The molecule has 2 aromatic heterocycles. The molecule has 2 aromatic rings. The van der Waals surface area contributed by atoms with Gasteiger partial charge in [-0.2, -0.15) is 0 Å². The standard InChI is InChI=1S/C12H13NO3/c14-12(15)9-16-8-5-10-3-1-6-13-7-2-4-11(10)13/h1-4,6-7H,5,8-9H2,(H,14,15). The molecule has 0 unspecified atom stereocenters. The molecular formula is C12H13NO3. The summed E-state index contributed by atoms with van der Waals surface area (Å²) in [5.41, 5.74) is 2.30. The van der Waals surface area contributed by atoms with Crippen molar-refractivity contribution >= 4 is 11.5 Å². The van der Waals surface area contributed by atoms with Gasteiger partial charge in [-0.05, 0) is 30.2 Å². The Morgan fingerprint density at radius 1 is 1.31 bits per heavy atom. The van der Waals surface area contributed by atoms with Gasteiger partial charge in [0.05, 0.1) is 6.61 Å². The molecule has 0 aliphatic heterocycles. The zero-order valence-electron chi connectivity index (χ0n) is 8.80. The Hall–Kier alpha value is -1.81. The van der Waals surface area contributed by atoms with Crippen LogP contribution in [0, 0.1) is 0 Å². The van der Waals surface area contributed by atoms with Crippen molar-refractivity contribution in [2.24, 2.45) is 0 Å². The van der Waals surface area contributed by atoms with Crippen LogP contribution in [0.15, 0.2) is 36.7 Å². The molecule has 0 fully saturated rings. The fourth-order valence-electron chi connectivity index (χ4n) is 1.69. The number of ether oxygens (including phenoxy) is 1. The Labute approximate surface area is 93.1 Å². The molecule has 4 heteroatoms. The minimum absolute atomic E-state index is 0.232. The van der Waals surface area contributed by atoms with Gasteiger partial charge in [-0.1, -0.05) is 6.07 Å². The first-order chi connectivity index (χ1) is 7.77. The topological polar surface area (TPSA) is 50.9 Å². The number of carboxylic acids is 1. The quantitative estimate of drug-likeness (QED) is 0.777. The average molecular weight is 219 g/mol. The molecule has 0 radical (unpaired) electrons. The normalized spacial score (nSPS) is 10.8. The maximum Gasteiger partial charge on any atom is 0.329 e. The number of rotatable bonds is 5. The van der Waals surface area contributed by atoms with E-state index in [9.17, 15) is 4.79 Å². The highest BCUT2D eigenvalue weighted by atomic mass is 16.5. The van der Waals surface area contributed by atoms with E-state index < -0.39 is 5.97 Å². The van der Waals surface area contributed by atoms with E-state index in [2.05, 4.69) is 0 Å². The van der Waals surface area contributed by atoms with Gasteiger partial charge in [-0.25, -0.2) is 4.79 Å². The van der Waals surface area contributed by atoms with Crippen molar-refractivity contribution in [3.05, 3.63) is 42.2 Å². The van der Waals surface area contributed by atoms with Crippen LogP contribution in [0.3, 0.4) is 0 Å². The van der Waals surface area contributed by atoms with Gasteiger partial charge in [-0.3, -0.25) is 0 Å². The van der Waals surface area contributed by atoms with Gasteiger partial charge in [0, 0.05) is 17.9 Å². The molecule has 84 valence electrons. The summed E-state index contributed by atoms with van der Waals surface area (Å²) in [6.07, 6.45) is 4.69. The van der Waals surface area contributed by atoms with E-state index >= 15 is 0 Å². The Morgan fingerprint density at radius 3 is 2.81 bits per heavy atom. The van der Waals surface area contributed by atoms with Crippen LogP contribution >= 0.6 is 0 Å². The maximum absolute atomic E-state index is 10.3. The van der Waals surface area contributed by atoms with E-state index in [1.54, 1.807) is 0 Å². The molecule has 2 rings (SSSR count). The highest BCUT2D eigenvalue weighted by molar-refractivity contribution is 5.68. The molecule has 0 aromatic carbocycles. The first-order valence-corrected chi connectivity index (χ1v) is 5.11. The zero-order valence-corrected chi connectivity index (χ0v) is 8.80. The van der Waals surface area contributed by atoms with Crippen molar-refractivity contribution in [1.82, 2.24) is 4.40 Å². The molecular weight excluding hydrogens is 206 g/mol. The number of aliphatic carboxylic acids is 1. The van der Waals surface area contributed by atoms with Crippen molar-refractivity contribution in [3.8, 4) is 0 Å². The van der Waals surface area contributed by atoms with E-state index in [1.807, 2.05) is 41.1 Å². The Balaban J connectivity index is 1.98. The van der Waals surface area contributed by atoms with Crippen LogP contribution in [0.5, 0.6) is 0 Å². The molecule has 16 heavy (non-hydrogen) atoms. The number of aromatic nitrogens is 1. The van der Waals surface area contributed by atoms with Crippen LogP contribution in [0.4, 0.5) is 0 Å². The van der Waals surface area contributed by atoms with Gasteiger partial charge in [0.2, 0.25) is 0 Å². The monoisotopic (exact) mass is 219 g/mol. The summed E-state index contributed by atoms with van der Waals surface area (Å²) in [6.45, 7) is 0.196. The van der Waals surface area contributed by atoms with E-state index in [0.717, 1.165) is 17.5 Å². The summed E-state index contributed by atoms with van der Waals surface area (Å²) in [6, 6.07) is 8.02. The lowest BCUT2D eigenvalue weighted by Crippen LogP contribution is -2.09. The third-order valence-electron chi connectivity index (χ3n) is 2.39. The van der Waals surface area contributed by atoms with Gasteiger partial charge >= 0.3 is 5.97 Å². The number of nitrogens with zero attached hydrogens (tertiary/aromatic N) is 1. The summed E-state index contributed by atoms with van der Waals surface area (Å²) < 4.78 is 7.05. The Bertz CT molecular complexity index is 490. The number of fused-ring (bicyclic) bond motifs is 1. The SMILES string of the molecule is O=C(O)COCCc1cccn2cccc12. The smallest absolute Gasteiger partial charge is 0.329 e. The summed E-state index contributed by atoms with van der Waals surface area (Å²) in [4.78, 5) is 10.3. The number of carboxylic acid groups (broad SMARTS) is 1. The highest BCUT2D eigenvalue weighted by Gasteiger charge is 2.01. The predicted octanol–water partition coefficient (Wildman–Crippen LogP) is 1.58. The molecule has 0 saturated carbocycles. The molecule has 0 amide bonds. The van der Waals surface area contributed by atoms with Crippen LogP contribution in [-0.2, 0) is 16.0 Å². The van der Waals surface area contributed by atoms with E-state index in [0.29, 0.717) is 6.61 Å². The van der Waals surface area contributed by atoms with Crippen molar-refractivity contribution in [1.29, 1.82) is 0 Å². The summed E-state index contributed by atoms with van der Waals surface area (Å²) >= 11 is 0. The molecule has 0 aliphatic carbocycles. The van der Waals surface area contributed by atoms with Crippen LogP contribution < -0.4 is 0 Å². The van der Waals surface area contributed by atoms with Crippen molar-refractivity contribution < 1.29 is 14.6 Å². The molecule has 0 saturated heterocycles. The van der Waals surface area contributed by atoms with Crippen molar-refractivity contribution in [2.45, 2.75) is 6.42 Å². The molecule has 0 atom stereocenters. The van der Waals surface area contributed by atoms with Crippen LogP contribution in [0.1, 0.15) is 5.56 Å². The summed E-state index contributed by atoms with van der Waals surface area (Å²) in [5.74, 6) is -0.930. The first-order valence-electron chi connectivity index (χ1n) is 5.11. The van der Waals surface area contributed by atoms with Gasteiger partial charge < -0.3 is 14.2 Å². The van der Waals surface area contributed by atoms with Gasteiger partial charge in [0.15, 0.2) is 0 Å². The van der Waals surface area contributed by atoms with E-state index in [-0.39, 0.29) is 6.61 Å². The minimum atomic E-state index is -0.930. The molecule has 0 spiro atoms. The van der Waals surface area contributed by atoms with Gasteiger partial charge in [0.25, 0.3) is 0 Å². The zero-order chi connectivity index (χ0) is 11.4. The number of hydrogen-bond donors (Lipinski definition) is 1. The van der Waals surface area contributed by atoms with Crippen LogP contribution in [0.2, 0.25) is 0 Å². The van der Waals surface area contributed by atoms with Gasteiger partial charge in [0.1, 0.15) is 6.61 Å². The van der Waals surface area contributed by atoms with Crippen molar-refractivity contribution in [2.75, 3.05) is 13.2 Å². The molecule has 0 bridgehead atoms. The maximum atomic E-state index is 10.3. The lowest BCUT2D eigenvalue weighted by molar-refractivity contribution is -0.142. The summed E-state index contributed by atoms with van der Waals surface area (Å²) in [5, 5.41) is 8.42. The van der Waals surface area contributed by atoms with E-state index in [4.69, 9.17) is 9.84 Å².